The number of nitrogens with zero attached hydrogens (tertiary/aromatic N) is 4. The fourth-order valence-corrected chi connectivity index (χ4v) is 3.25. The van der Waals surface area contributed by atoms with Crippen molar-refractivity contribution in [2.75, 3.05) is 63.0 Å². The number of halogens is 3. The number of anilines is 1. The number of carbonyl (C=O) groups excluding carboxylic acids is 1. The van der Waals surface area contributed by atoms with Crippen LogP contribution in [-0.2, 0) is 4.79 Å². The molecule has 0 atom stereocenters. The van der Waals surface area contributed by atoms with Crippen molar-refractivity contribution >= 4 is 53.3 Å². The molecule has 1 heterocycles. The Balaban J connectivity index is 0.00000364. The van der Waals surface area contributed by atoms with E-state index in [2.05, 4.69) is 9.80 Å². The van der Waals surface area contributed by atoms with Crippen molar-refractivity contribution in [3.63, 3.8) is 0 Å². The third kappa shape index (κ3) is 6.90. The smallest absolute Gasteiger partial charge is 0.264 e. The molecule has 0 unspecified atom stereocenters. The van der Waals surface area contributed by atoms with Gasteiger partial charge in [0.15, 0.2) is 0 Å². The van der Waals surface area contributed by atoms with Crippen molar-refractivity contribution < 1.29 is 4.79 Å². The van der Waals surface area contributed by atoms with Crippen molar-refractivity contribution in [3.8, 4) is 6.07 Å². The molecule has 1 aromatic carbocycles. The Kier molecular flexibility index (Phi) is 10.6. The van der Waals surface area contributed by atoms with E-state index in [4.69, 9.17) is 23.2 Å². The number of alkyl halides is 2. The number of hydrogen-bond acceptors (Lipinski definition) is 4. The van der Waals surface area contributed by atoms with Crippen LogP contribution in [0.5, 0.6) is 0 Å². The minimum Gasteiger partial charge on any atom is -0.369 e. The Morgan fingerprint density at radius 1 is 1.15 bits per heavy atom. The van der Waals surface area contributed by atoms with Crippen LogP contribution in [0.15, 0.2) is 29.8 Å². The second-order valence-corrected chi connectivity index (χ2v) is 6.98. The molecule has 1 aromatic rings. The third-order valence-corrected chi connectivity index (χ3v) is 4.76. The van der Waals surface area contributed by atoms with Crippen LogP contribution in [0.2, 0.25) is 0 Å². The lowest BCUT2D eigenvalue weighted by atomic mass is 10.1. The van der Waals surface area contributed by atoms with E-state index in [1.807, 2.05) is 37.4 Å². The maximum Gasteiger partial charge on any atom is 0.264 e. The first-order valence-electron chi connectivity index (χ1n) is 8.65. The van der Waals surface area contributed by atoms with E-state index in [1.165, 1.54) is 0 Å². The molecule has 0 saturated carbocycles. The molecule has 5 nitrogen and oxygen atoms in total. The predicted octanol–water partition coefficient (Wildman–Crippen LogP) is 3.07. The molecule has 1 aliphatic rings. The van der Waals surface area contributed by atoms with E-state index in [9.17, 15) is 10.1 Å². The highest BCUT2D eigenvalue weighted by atomic mass is 35.5. The number of rotatable bonds is 7. The molecule has 2 rings (SSSR count). The van der Waals surface area contributed by atoms with Gasteiger partial charge in [0.2, 0.25) is 0 Å². The highest BCUT2D eigenvalue weighted by Crippen LogP contribution is 2.18. The monoisotopic (exact) mass is 430 g/mol. The Morgan fingerprint density at radius 2 is 1.70 bits per heavy atom. The summed E-state index contributed by atoms with van der Waals surface area (Å²) in [7, 11) is 2.03. The molecule has 8 heteroatoms. The maximum atomic E-state index is 12.6. The van der Waals surface area contributed by atoms with Gasteiger partial charge in [-0.25, -0.2) is 0 Å². The molecule has 1 fully saturated rings. The Morgan fingerprint density at radius 3 is 2.19 bits per heavy atom. The summed E-state index contributed by atoms with van der Waals surface area (Å²) in [6.45, 7) is 4.40. The van der Waals surface area contributed by atoms with Crippen LogP contribution >= 0.6 is 35.6 Å². The minimum absolute atomic E-state index is 0. The first-order valence-corrected chi connectivity index (χ1v) is 9.72. The lowest BCUT2D eigenvalue weighted by Gasteiger charge is -2.32. The zero-order valence-electron chi connectivity index (χ0n) is 15.4. The van der Waals surface area contributed by atoms with Gasteiger partial charge in [-0.1, -0.05) is 12.1 Å². The number of carbonyl (C=O) groups is 1. The topological polar surface area (TPSA) is 50.6 Å². The predicted molar refractivity (Wildman–Crippen MR) is 115 cm³/mol. The lowest BCUT2D eigenvalue weighted by molar-refractivity contribution is -0.128. The van der Waals surface area contributed by atoms with Gasteiger partial charge in [-0.05, 0) is 30.8 Å². The summed E-state index contributed by atoms with van der Waals surface area (Å²) in [5.74, 6) is 0.850. The Labute approximate surface area is 177 Å². The van der Waals surface area contributed by atoms with E-state index in [1.54, 1.807) is 11.0 Å². The molecule has 0 spiro atoms. The summed E-state index contributed by atoms with van der Waals surface area (Å²) in [5, 5.41) is 9.41. The van der Waals surface area contributed by atoms with Gasteiger partial charge in [-0.15, -0.1) is 35.6 Å². The number of hydrogen-bond donors (Lipinski definition) is 0. The summed E-state index contributed by atoms with van der Waals surface area (Å²) in [6, 6.07) is 9.77. The average Bonchev–Trinajstić information content (AvgIpc) is 2.66. The van der Waals surface area contributed by atoms with Crippen LogP contribution in [0.1, 0.15) is 5.56 Å². The van der Waals surface area contributed by atoms with Gasteiger partial charge < -0.3 is 14.7 Å². The number of nitriles is 1. The number of amides is 1. The van der Waals surface area contributed by atoms with E-state index in [0.29, 0.717) is 24.8 Å². The van der Waals surface area contributed by atoms with Gasteiger partial charge in [-0.2, -0.15) is 5.26 Å². The van der Waals surface area contributed by atoms with Crippen LogP contribution in [0.25, 0.3) is 6.08 Å². The molecule has 0 N–H and O–H groups in total. The van der Waals surface area contributed by atoms with Crippen LogP contribution in [0.3, 0.4) is 0 Å². The summed E-state index contributed by atoms with van der Waals surface area (Å²) in [4.78, 5) is 18.6. The molecular formula is C19H25Cl3N4O. The highest BCUT2D eigenvalue weighted by Gasteiger charge is 2.22. The fraction of sp³-hybridized carbons (Fsp3) is 0.474. The first-order chi connectivity index (χ1) is 12.6. The van der Waals surface area contributed by atoms with Gasteiger partial charge in [0.1, 0.15) is 11.6 Å². The van der Waals surface area contributed by atoms with Gasteiger partial charge in [-0.3, -0.25) is 4.79 Å². The van der Waals surface area contributed by atoms with Crippen LogP contribution < -0.4 is 4.90 Å². The average molecular weight is 432 g/mol. The standard InChI is InChI=1S/C19H24Cl2N4O.ClH/c1-23-10-12-25(13-11-23)19(26)17(15-22)14-16-2-4-18(5-3-16)24(8-6-20)9-7-21;/h2-5,14H,6-13H2,1H3;1H/b17-14+;. The molecule has 1 amide bonds. The summed E-state index contributed by atoms with van der Waals surface area (Å²) in [6.07, 6.45) is 1.65. The first kappa shape index (κ1) is 23.6. The molecule has 1 saturated heterocycles. The SMILES string of the molecule is CN1CCN(C(=O)/C(C#N)=C/c2ccc(N(CCCl)CCCl)cc2)CC1.Cl. The molecule has 0 bridgehead atoms. The van der Waals surface area contributed by atoms with E-state index >= 15 is 0 Å². The van der Waals surface area contributed by atoms with Gasteiger partial charge >= 0.3 is 0 Å². The van der Waals surface area contributed by atoms with Crippen molar-refractivity contribution in [1.82, 2.24) is 9.80 Å². The quantitative estimate of drug-likeness (QED) is 0.378. The number of piperazine rings is 1. The Bertz CT molecular complexity index is 659. The zero-order chi connectivity index (χ0) is 18.9. The molecule has 0 radical (unpaired) electrons. The number of benzene rings is 1. The second-order valence-electron chi connectivity index (χ2n) is 6.22. The normalized spacial score (nSPS) is 15.0. The summed E-state index contributed by atoms with van der Waals surface area (Å²) in [5.41, 5.74) is 2.01. The minimum atomic E-state index is -0.199. The van der Waals surface area contributed by atoms with Crippen LogP contribution in [-0.4, -0.2) is 73.8 Å². The van der Waals surface area contributed by atoms with E-state index in [-0.39, 0.29) is 23.9 Å². The summed E-state index contributed by atoms with van der Waals surface area (Å²) < 4.78 is 0. The summed E-state index contributed by atoms with van der Waals surface area (Å²) >= 11 is 11.7. The molecule has 27 heavy (non-hydrogen) atoms. The highest BCUT2D eigenvalue weighted by molar-refractivity contribution is 6.18. The van der Waals surface area contributed by atoms with Crippen molar-refractivity contribution in [2.24, 2.45) is 0 Å². The second kappa shape index (κ2) is 12.1. The van der Waals surface area contributed by atoms with Crippen molar-refractivity contribution in [3.05, 3.63) is 35.4 Å². The number of likely N-dealkylation sites (N-methyl/N-ethyl adjacent to an activating group) is 1. The maximum absolute atomic E-state index is 12.6. The molecule has 1 aliphatic heterocycles. The van der Waals surface area contributed by atoms with Crippen molar-refractivity contribution in [1.29, 1.82) is 5.26 Å². The lowest BCUT2D eigenvalue weighted by Crippen LogP contribution is -2.47. The molecule has 0 aromatic heterocycles. The van der Waals surface area contributed by atoms with Crippen LogP contribution in [0.4, 0.5) is 5.69 Å². The third-order valence-electron chi connectivity index (χ3n) is 4.42. The largest absolute Gasteiger partial charge is 0.369 e. The van der Waals surface area contributed by atoms with Gasteiger partial charge in [0.05, 0.1) is 0 Å². The van der Waals surface area contributed by atoms with E-state index in [0.717, 1.165) is 37.4 Å². The molecule has 0 aliphatic carbocycles. The molecule has 148 valence electrons. The Hall–Kier alpha value is -1.45. The van der Waals surface area contributed by atoms with Gasteiger partial charge in [0.25, 0.3) is 5.91 Å². The zero-order valence-corrected chi connectivity index (χ0v) is 17.7. The van der Waals surface area contributed by atoms with Crippen molar-refractivity contribution in [2.45, 2.75) is 0 Å². The fourth-order valence-electron chi connectivity index (χ4n) is 2.84. The van der Waals surface area contributed by atoms with Crippen LogP contribution in [0, 0.1) is 11.3 Å². The van der Waals surface area contributed by atoms with Gasteiger partial charge in [0, 0.05) is 56.7 Å². The van der Waals surface area contributed by atoms with E-state index < -0.39 is 0 Å². The molecular weight excluding hydrogens is 407 g/mol.